The molecule has 0 unspecified atom stereocenters. The molecule has 1 aliphatic carbocycles. The minimum atomic E-state index is 0.0408. The molecule has 1 N–H and O–H groups in total. The van der Waals surface area contributed by atoms with Crippen LogP contribution in [0.1, 0.15) is 54.4 Å². The number of hydrogen-bond acceptors (Lipinski definition) is 3. The minimum absolute atomic E-state index is 0.0408. The van der Waals surface area contributed by atoms with E-state index in [9.17, 15) is 9.59 Å². The lowest BCUT2D eigenvalue weighted by Crippen LogP contribution is -2.35. The summed E-state index contributed by atoms with van der Waals surface area (Å²) in [7, 11) is 0. The number of benzene rings is 2. The van der Waals surface area contributed by atoms with Crippen molar-refractivity contribution in [1.29, 1.82) is 0 Å². The van der Waals surface area contributed by atoms with Crippen molar-refractivity contribution >= 4 is 29.1 Å². The first-order valence-electron chi connectivity index (χ1n) is 11.7. The molecule has 2 aliphatic rings. The Labute approximate surface area is 195 Å². The Morgan fingerprint density at radius 2 is 1.72 bits per heavy atom. The maximum Gasteiger partial charge on any atom is 0.255 e. The van der Waals surface area contributed by atoms with Gasteiger partial charge in [-0.25, -0.2) is 0 Å². The van der Waals surface area contributed by atoms with Crippen molar-refractivity contribution < 1.29 is 9.59 Å². The van der Waals surface area contributed by atoms with Crippen LogP contribution in [0, 0.1) is 5.92 Å². The molecule has 4 rings (SSSR count). The Morgan fingerprint density at radius 3 is 2.47 bits per heavy atom. The lowest BCUT2D eigenvalue weighted by molar-refractivity contribution is -0.118. The Bertz CT molecular complexity index is 951. The van der Waals surface area contributed by atoms with E-state index in [0.717, 1.165) is 17.9 Å². The normalized spacial score (nSPS) is 17.0. The van der Waals surface area contributed by atoms with Crippen LogP contribution in [0.3, 0.4) is 0 Å². The molecule has 0 aromatic heterocycles. The highest BCUT2D eigenvalue weighted by Crippen LogP contribution is 2.27. The van der Waals surface area contributed by atoms with Crippen molar-refractivity contribution in [3.63, 3.8) is 0 Å². The Morgan fingerprint density at radius 1 is 0.969 bits per heavy atom. The van der Waals surface area contributed by atoms with Crippen LogP contribution in [0.15, 0.2) is 65.6 Å². The van der Waals surface area contributed by atoms with Crippen LogP contribution in [-0.2, 0) is 4.79 Å². The third-order valence-corrected chi connectivity index (χ3v) is 7.50. The van der Waals surface area contributed by atoms with Gasteiger partial charge in [0.2, 0.25) is 5.91 Å². The van der Waals surface area contributed by atoms with Crippen LogP contribution < -0.4 is 5.32 Å². The van der Waals surface area contributed by atoms with Crippen LogP contribution in [0.4, 0.5) is 0 Å². The zero-order valence-corrected chi connectivity index (χ0v) is 19.4. The van der Waals surface area contributed by atoms with E-state index < -0.39 is 0 Å². The minimum Gasteiger partial charge on any atom is -0.355 e. The SMILES string of the molecule is O=C(CSc1ccccc1C(=O)N1CC=C(c2ccccc2)CC1)NCC1CCCCC1. The molecule has 2 amide bonds. The van der Waals surface area contributed by atoms with Crippen molar-refractivity contribution in [3.05, 3.63) is 71.8 Å². The predicted octanol–water partition coefficient (Wildman–Crippen LogP) is 5.40. The number of nitrogens with one attached hydrogen (secondary N) is 1. The second-order valence-electron chi connectivity index (χ2n) is 8.69. The maximum atomic E-state index is 13.2. The van der Waals surface area contributed by atoms with Gasteiger partial charge in [0.1, 0.15) is 0 Å². The van der Waals surface area contributed by atoms with Gasteiger partial charge < -0.3 is 10.2 Å². The largest absolute Gasteiger partial charge is 0.355 e. The molecule has 2 aromatic carbocycles. The lowest BCUT2D eigenvalue weighted by atomic mass is 9.89. The smallest absolute Gasteiger partial charge is 0.255 e. The third-order valence-electron chi connectivity index (χ3n) is 6.43. The average Bonchev–Trinajstić information content (AvgIpc) is 2.87. The van der Waals surface area contributed by atoms with Gasteiger partial charge in [0.15, 0.2) is 0 Å². The van der Waals surface area contributed by atoms with Gasteiger partial charge in [-0.15, -0.1) is 11.8 Å². The lowest BCUT2D eigenvalue weighted by Gasteiger charge is -2.27. The monoisotopic (exact) mass is 448 g/mol. The molecular formula is C27H32N2O2S. The number of carbonyl (C=O) groups excluding carboxylic acids is 2. The third kappa shape index (κ3) is 6.04. The van der Waals surface area contributed by atoms with Gasteiger partial charge in [-0.3, -0.25) is 9.59 Å². The van der Waals surface area contributed by atoms with E-state index in [1.807, 2.05) is 47.4 Å². The zero-order valence-electron chi connectivity index (χ0n) is 18.6. The number of nitrogens with zero attached hydrogens (tertiary/aromatic N) is 1. The molecule has 2 aromatic rings. The van der Waals surface area contributed by atoms with E-state index in [2.05, 4.69) is 23.5 Å². The van der Waals surface area contributed by atoms with Crippen molar-refractivity contribution in [2.24, 2.45) is 5.92 Å². The summed E-state index contributed by atoms with van der Waals surface area (Å²) in [4.78, 5) is 28.4. The summed E-state index contributed by atoms with van der Waals surface area (Å²) in [5, 5.41) is 3.09. The summed E-state index contributed by atoms with van der Waals surface area (Å²) >= 11 is 1.46. The van der Waals surface area contributed by atoms with Gasteiger partial charge in [-0.1, -0.05) is 67.8 Å². The van der Waals surface area contributed by atoms with Crippen molar-refractivity contribution in [1.82, 2.24) is 10.2 Å². The highest BCUT2D eigenvalue weighted by atomic mass is 32.2. The number of rotatable bonds is 7. The molecule has 1 aliphatic heterocycles. The molecule has 0 spiro atoms. The summed E-state index contributed by atoms with van der Waals surface area (Å²) in [5.74, 6) is 1.06. The van der Waals surface area contributed by atoms with Crippen LogP contribution in [0.25, 0.3) is 5.57 Å². The van der Waals surface area contributed by atoms with Crippen LogP contribution >= 0.6 is 11.8 Å². The highest BCUT2D eigenvalue weighted by molar-refractivity contribution is 8.00. The van der Waals surface area contributed by atoms with E-state index in [-0.39, 0.29) is 11.8 Å². The number of amides is 2. The first-order valence-corrected chi connectivity index (χ1v) is 12.7. The Kier molecular flexibility index (Phi) is 8.05. The van der Waals surface area contributed by atoms with Gasteiger partial charge in [0, 0.05) is 24.5 Å². The quantitative estimate of drug-likeness (QED) is 0.577. The van der Waals surface area contributed by atoms with E-state index in [1.165, 1.54) is 55.0 Å². The molecule has 1 heterocycles. The van der Waals surface area contributed by atoms with Gasteiger partial charge >= 0.3 is 0 Å². The second kappa shape index (κ2) is 11.4. The Hall–Kier alpha value is -2.53. The van der Waals surface area contributed by atoms with Crippen LogP contribution in [0.2, 0.25) is 0 Å². The maximum absolute atomic E-state index is 13.2. The first kappa shape index (κ1) is 22.7. The highest BCUT2D eigenvalue weighted by Gasteiger charge is 2.22. The van der Waals surface area contributed by atoms with Gasteiger partial charge in [-0.2, -0.15) is 0 Å². The molecule has 32 heavy (non-hydrogen) atoms. The fraction of sp³-hybridized carbons (Fsp3) is 0.407. The summed E-state index contributed by atoms with van der Waals surface area (Å²) in [6.45, 7) is 2.11. The second-order valence-corrected chi connectivity index (χ2v) is 9.71. The predicted molar refractivity (Wildman–Crippen MR) is 132 cm³/mol. The molecule has 168 valence electrons. The molecule has 1 fully saturated rings. The molecule has 0 atom stereocenters. The molecule has 0 radical (unpaired) electrons. The fourth-order valence-electron chi connectivity index (χ4n) is 4.55. The van der Waals surface area contributed by atoms with Gasteiger partial charge in [0.25, 0.3) is 5.91 Å². The standard InChI is InChI=1S/C27H32N2O2S/c30-26(28-19-21-9-3-1-4-10-21)20-32-25-14-8-7-13-24(25)27(31)29-17-15-23(16-18-29)22-11-5-2-6-12-22/h2,5-8,11-15,21H,1,3-4,9-10,16-20H2,(H,28,30). The van der Waals surface area contributed by atoms with Gasteiger partial charge in [-0.05, 0) is 48.4 Å². The number of hydrogen-bond donors (Lipinski definition) is 1. The summed E-state index contributed by atoms with van der Waals surface area (Å²) in [6.07, 6.45) is 9.35. The molecule has 1 saturated carbocycles. The zero-order chi connectivity index (χ0) is 22.2. The van der Waals surface area contributed by atoms with E-state index >= 15 is 0 Å². The molecule has 5 heteroatoms. The molecule has 4 nitrogen and oxygen atoms in total. The average molecular weight is 449 g/mol. The summed E-state index contributed by atoms with van der Waals surface area (Å²) in [5.41, 5.74) is 3.22. The first-order chi connectivity index (χ1) is 15.7. The summed E-state index contributed by atoms with van der Waals surface area (Å²) < 4.78 is 0. The van der Waals surface area contributed by atoms with Crippen molar-refractivity contribution in [2.75, 3.05) is 25.4 Å². The van der Waals surface area contributed by atoms with E-state index in [4.69, 9.17) is 0 Å². The van der Waals surface area contributed by atoms with E-state index in [0.29, 0.717) is 30.3 Å². The van der Waals surface area contributed by atoms with Gasteiger partial charge in [0.05, 0.1) is 11.3 Å². The summed E-state index contributed by atoms with van der Waals surface area (Å²) in [6, 6.07) is 18.0. The molecule has 0 bridgehead atoms. The Balaban J connectivity index is 1.32. The number of carbonyl (C=O) groups is 2. The van der Waals surface area contributed by atoms with Crippen LogP contribution in [-0.4, -0.2) is 42.1 Å². The fourth-order valence-corrected chi connectivity index (χ4v) is 5.43. The molecular weight excluding hydrogens is 416 g/mol. The topological polar surface area (TPSA) is 49.4 Å². The van der Waals surface area contributed by atoms with Crippen molar-refractivity contribution in [3.8, 4) is 0 Å². The van der Waals surface area contributed by atoms with Crippen molar-refractivity contribution in [2.45, 2.75) is 43.4 Å². The molecule has 0 saturated heterocycles. The van der Waals surface area contributed by atoms with Crippen LogP contribution in [0.5, 0.6) is 0 Å². The number of thioether (sulfide) groups is 1. The van der Waals surface area contributed by atoms with E-state index in [1.54, 1.807) is 0 Å².